The summed E-state index contributed by atoms with van der Waals surface area (Å²) in [4.78, 5) is 13.3. The third kappa shape index (κ3) is 6.22. The van der Waals surface area contributed by atoms with E-state index in [1.807, 2.05) is 36.6 Å². The van der Waals surface area contributed by atoms with E-state index in [-0.39, 0.29) is 11.9 Å². The standard InChI is InChI=1S/C20H26ClNO3S/c1-13(2)11-25-18-7-5-15(9-19(18)24-4)14(3)22-20(23)8-6-17-10-16(21)12-26-17/h5,7,9-10,12-14H,6,8,11H2,1-4H3,(H,22,23). The van der Waals surface area contributed by atoms with E-state index in [4.69, 9.17) is 21.1 Å². The fraction of sp³-hybridized carbons (Fsp3) is 0.450. The van der Waals surface area contributed by atoms with Crippen LogP contribution in [0.3, 0.4) is 0 Å². The molecule has 1 atom stereocenters. The molecule has 0 radical (unpaired) electrons. The number of benzene rings is 1. The number of methoxy groups -OCH3 is 1. The highest BCUT2D eigenvalue weighted by molar-refractivity contribution is 7.10. The molecule has 2 rings (SSSR count). The minimum absolute atomic E-state index is 0.0149. The first kappa shape index (κ1) is 20.6. The SMILES string of the molecule is COc1cc(C(C)NC(=O)CCc2cc(Cl)cs2)ccc1OCC(C)C. The zero-order valence-corrected chi connectivity index (χ0v) is 17.2. The van der Waals surface area contributed by atoms with Gasteiger partial charge in [0.05, 0.1) is 24.8 Å². The van der Waals surface area contributed by atoms with Crippen LogP contribution >= 0.6 is 22.9 Å². The molecular formula is C20H26ClNO3S. The molecule has 6 heteroatoms. The van der Waals surface area contributed by atoms with Crippen LogP contribution < -0.4 is 14.8 Å². The van der Waals surface area contributed by atoms with Crippen LogP contribution in [0, 0.1) is 5.92 Å². The van der Waals surface area contributed by atoms with Crippen LogP contribution in [0.2, 0.25) is 5.02 Å². The topological polar surface area (TPSA) is 47.6 Å². The fourth-order valence-electron chi connectivity index (χ4n) is 2.45. The lowest BCUT2D eigenvalue weighted by molar-refractivity contribution is -0.121. The number of nitrogens with one attached hydrogen (secondary N) is 1. The van der Waals surface area contributed by atoms with Gasteiger partial charge in [-0.1, -0.05) is 31.5 Å². The monoisotopic (exact) mass is 395 g/mol. The van der Waals surface area contributed by atoms with Crippen LogP contribution in [0.25, 0.3) is 0 Å². The predicted octanol–water partition coefficient (Wildman–Crippen LogP) is 5.25. The molecule has 0 spiro atoms. The van der Waals surface area contributed by atoms with E-state index in [1.54, 1.807) is 18.4 Å². The van der Waals surface area contributed by atoms with E-state index in [0.29, 0.717) is 31.1 Å². The van der Waals surface area contributed by atoms with Crippen LogP contribution in [0.5, 0.6) is 11.5 Å². The Hall–Kier alpha value is -1.72. The molecule has 1 heterocycles. The van der Waals surface area contributed by atoms with Crippen LogP contribution in [-0.4, -0.2) is 19.6 Å². The van der Waals surface area contributed by atoms with Crippen molar-refractivity contribution in [3.05, 3.63) is 45.1 Å². The number of carbonyl (C=O) groups excluding carboxylic acids is 1. The number of hydrogen-bond donors (Lipinski definition) is 1. The smallest absolute Gasteiger partial charge is 0.220 e. The molecule has 0 fully saturated rings. The minimum atomic E-state index is -0.109. The Morgan fingerprint density at radius 2 is 2.00 bits per heavy atom. The molecule has 1 aromatic heterocycles. The molecule has 0 bridgehead atoms. The molecule has 26 heavy (non-hydrogen) atoms. The van der Waals surface area contributed by atoms with Crippen LogP contribution in [0.4, 0.5) is 0 Å². The van der Waals surface area contributed by atoms with Crippen molar-refractivity contribution in [2.75, 3.05) is 13.7 Å². The maximum atomic E-state index is 12.2. The van der Waals surface area contributed by atoms with Gasteiger partial charge in [0, 0.05) is 16.7 Å². The second kappa shape index (κ2) is 9.83. The predicted molar refractivity (Wildman–Crippen MR) is 108 cm³/mol. The van der Waals surface area contributed by atoms with E-state index in [0.717, 1.165) is 21.2 Å². The summed E-state index contributed by atoms with van der Waals surface area (Å²) in [5, 5.41) is 5.64. The van der Waals surface area contributed by atoms with E-state index < -0.39 is 0 Å². The summed E-state index contributed by atoms with van der Waals surface area (Å²) >= 11 is 7.49. The minimum Gasteiger partial charge on any atom is -0.493 e. The maximum absolute atomic E-state index is 12.2. The van der Waals surface area contributed by atoms with Crippen molar-refractivity contribution < 1.29 is 14.3 Å². The van der Waals surface area contributed by atoms with Gasteiger partial charge in [0.15, 0.2) is 11.5 Å². The average Bonchev–Trinajstić information content (AvgIpc) is 3.03. The summed E-state index contributed by atoms with van der Waals surface area (Å²) in [6, 6.07) is 7.57. The summed E-state index contributed by atoms with van der Waals surface area (Å²) in [6.07, 6.45) is 1.13. The van der Waals surface area contributed by atoms with Gasteiger partial charge in [-0.3, -0.25) is 4.79 Å². The number of rotatable bonds is 9. The second-order valence-corrected chi connectivity index (χ2v) is 8.07. The molecule has 142 valence electrons. The quantitative estimate of drug-likeness (QED) is 0.630. The van der Waals surface area contributed by atoms with Crippen molar-refractivity contribution in [2.45, 2.75) is 39.7 Å². The largest absolute Gasteiger partial charge is 0.493 e. The molecule has 0 aliphatic heterocycles. The number of amides is 1. The first-order valence-corrected chi connectivity index (χ1v) is 9.97. The molecule has 0 saturated heterocycles. The van der Waals surface area contributed by atoms with Crippen LogP contribution in [-0.2, 0) is 11.2 Å². The fourth-order valence-corrected chi connectivity index (χ4v) is 3.52. The number of carbonyl (C=O) groups is 1. The van der Waals surface area contributed by atoms with Gasteiger partial charge in [0.2, 0.25) is 5.91 Å². The summed E-state index contributed by atoms with van der Waals surface area (Å²) < 4.78 is 11.2. The van der Waals surface area contributed by atoms with Gasteiger partial charge >= 0.3 is 0 Å². The van der Waals surface area contributed by atoms with Gasteiger partial charge in [-0.05, 0) is 43.0 Å². The number of aryl methyl sites for hydroxylation is 1. The molecule has 0 saturated carbocycles. The van der Waals surface area contributed by atoms with Crippen molar-refractivity contribution in [3.8, 4) is 11.5 Å². The Morgan fingerprint density at radius 3 is 2.62 bits per heavy atom. The van der Waals surface area contributed by atoms with Gasteiger partial charge in [-0.25, -0.2) is 0 Å². The Labute approximate surface area is 164 Å². The lowest BCUT2D eigenvalue weighted by Gasteiger charge is -2.17. The van der Waals surface area contributed by atoms with Gasteiger partial charge in [0.25, 0.3) is 0 Å². The highest BCUT2D eigenvalue weighted by atomic mass is 35.5. The van der Waals surface area contributed by atoms with E-state index in [1.165, 1.54) is 0 Å². The first-order chi connectivity index (χ1) is 12.4. The number of hydrogen-bond acceptors (Lipinski definition) is 4. The number of ether oxygens (including phenoxy) is 2. The Morgan fingerprint density at radius 1 is 1.23 bits per heavy atom. The Kier molecular flexibility index (Phi) is 7.79. The molecule has 1 amide bonds. The molecule has 1 unspecified atom stereocenters. The van der Waals surface area contributed by atoms with Crippen LogP contribution in [0.1, 0.15) is 43.7 Å². The lowest BCUT2D eigenvalue weighted by atomic mass is 10.1. The molecular weight excluding hydrogens is 370 g/mol. The van der Waals surface area contributed by atoms with Gasteiger partial charge in [-0.15, -0.1) is 11.3 Å². The zero-order chi connectivity index (χ0) is 19.1. The third-order valence-electron chi connectivity index (χ3n) is 3.86. The summed E-state index contributed by atoms with van der Waals surface area (Å²) in [5.74, 6) is 1.85. The third-order valence-corrected chi connectivity index (χ3v) is 5.20. The molecule has 0 aliphatic carbocycles. The zero-order valence-electron chi connectivity index (χ0n) is 15.7. The molecule has 4 nitrogen and oxygen atoms in total. The second-order valence-electron chi connectivity index (χ2n) is 6.64. The normalized spacial score (nSPS) is 12.1. The molecule has 1 aromatic carbocycles. The summed E-state index contributed by atoms with van der Waals surface area (Å²) in [7, 11) is 1.62. The van der Waals surface area contributed by atoms with Crippen molar-refractivity contribution in [3.63, 3.8) is 0 Å². The summed E-state index contributed by atoms with van der Waals surface area (Å²) in [5.41, 5.74) is 0.978. The lowest BCUT2D eigenvalue weighted by Crippen LogP contribution is -2.26. The highest BCUT2D eigenvalue weighted by Gasteiger charge is 2.14. The highest BCUT2D eigenvalue weighted by Crippen LogP contribution is 2.30. The summed E-state index contributed by atoms with van der Waals surface area (Å²) in [6.45, 7) is 6.79. The number of halogens is 1. The Balaban J connectivity index is 1.93. The van der Waals surface area contributed by atoms with Crippen molar-refractivity contribution >= 4 is 28.8 Å². The van der Waals surface area contributed by atoms with Crippen LogP contribution in [0.15, 0.2) is 29.6 Å². The first-order valence-electron chi connectivity index (χ1n) is 8.72. The van der Waals surface area contributed by atoms with E-state index in [9.17, 15) is 4.79 Å². The maximum Gasteiger partial charge on any atom is 0.220 e. The van der Waals surface area contributed by atoms with Gasteiger partial charge in [0.1, 0.15) is 0 Å². The average molecular weight is 396 g/mol. The van der Waals surface area contributed by atoms with E-state index in [2.05, 4.69) is 19.2 Å². The van der Waals surface area contributed by atoms with Gasteiger partial charge < -0.3 is 14.8 Å². The molecule has 0 aliphatic rings. The van der Waals surface area contributed by atoms with Crippen molar-refractivity contribution in [2.24, 2.45) is 5.92 Å². The Bertz CT molecular complexity index is 730. The molecule has 2 aromatic rings. The van der Waals surface area contributed by atoms with Crippen molar-refractivity contribution in [1.82, 2.24) is 5.32 Å². The van der Waals surface area contributed by atoms with E-state index >= 15 is 0 Å². The molecule has 1 N–H and O–H groups in total. The van der Waals surface area contributed by atoms with Gasteiger partial charge in [-0.2, -0.15) is 0 Å². The number of thiophene rings is 1. The van der Waals surface area contributed by atoms with Crippen molar-refractivity contribution in [1.29, 1.82) is 0 Å².